The van der Waals surface area contributed by atoms with Gasteiger partial charge < -0.3 is 14.8 Å². The van der Waals surface area contributed by atoms with Crippen LogP contribution in [0.2, 0.25) is 0 Å². The Bertz CT molecular complexity index is 1190. The van der Waals surface area contributed by atoms with Crippen molar-refractivity contribution >= 4 is 33.0 Å². The lowest BCUT2D eigenvalue weighted by molar-refractivity contribution is -0.114. The van der Waals surface area contributed by atoms with Gasteiger partial charge >= 0.3 is 0 Å². The minimum atomic E-state index is -3.60. The van der Waals surface area contributed by atoms with Crippen LogP contribution in [0.1, 0.15) is 13.8 Å². The van der Waals surface area contributed by atoms with Gasteiger partial charge in [-0.3, -0.25) is 4.79 Å². The highest BCUT2D eigenvalue weighted by molar-refractivity contribution is 7.89. The van der Waals surface area contributed by atoms with E-state index in [1.807, 2.05) is 31.2 Å². The van der Waals surface area contributed by atoms with Crippen molar-refractivity contribution in [2.24, 2.45) is 5.10 Å². The number of hydrazone groups is 1. The first-order valence-corrected chi connectivity index (χ1v) is 12.1. The molecule has 174 valence electrons. The van der Waals surface area contributed by atoms with Crippen LogP contribution in [0.5, 0.6) is 5.75 Å². The van der Waals surface area contributed by atoms with Crippen molar-refractivity contribution in [3.8, 4) is 5.75 Å². The minimum absolute atomic E-state index is 0.172. The van der Waals surface area contributed by atoms with Crippen molar-refractivity contribution in [1.29, 1.82) is 0 Å². The van der Waals surface area contributed by atoms with E-state index < -0.39 is 10.0 Å². The Morgan fingerprint density at radius 3 is 2.52 bits per heavy atom. The van der Waals surface area contributed by atoms with Gasteiger partial charge in [-0.15, -0.1) is 0 Å². The lowest BCUT2D eigenvalue weighted by atomic mass is 10.2. The van der Waals surface area contributed by atoms with Gasteiger partial charge in [0.2, 0.25) is 10.0 Å². The average Bonchev–Trinajstić information content (AvgIpc) is 3.12. The lowest BCUT2D eigenvalue weighted by Crippen LogP contribution is -2.40. The molecule has 9 nitrogen and oxygen atoms in total. The summed E-state index contributed by atoms with van der Waals surface area (Å²) < 4.78 is 37.9. The zero-order valence-electron chi connectivity index (χ0n) is 18.5. The molecule has 0 saturated carbocycles. The van der Waals surface area contributed by atoms with Crippen molar-refractivity contribution < 1.29 is 22.7 Å². The molecule has 2 heterocycles. The molecular formula is C23H26N4O5S. The first-order chi connectivity index (χ1) is 15.9. The minimum Gasteiger partial charge on any atom is -0.492 e. The van der Waals surface area contributed by atoms with E-state index in [0.717, 1.165) is 5.69 Å². The van der Waals surface area contributed by atoms with E-state index >= 15 is 0 Å². The molecule has 2 aliphatic rings. The topological polar surface area (TPSA) is 101 Å². The number of nitrogens with one attached hydrogen (secondary N) is 1. The summed E-state index contributed by atoms with van der Waals surface area (Å²) in [5.41, 5.74) is 2.18. The second-order valence-corrected chi connectivity index (χ2v) is 9.38. The summed E-state index contributed by atoms with van der Waals surface area (Å²) in [7, 11) is -3.60. The van der Waals surface area contributed by atoms with Gasteiger partial charge in [-0.05, 0) is 50.2 Å². The molecule has 1 N–H and O–H groups in total. The molecule has 1 saturated heterocycles. The van der Waals surface area contributed by atoms with Gasteiger partial charge in [0.25, 0.3) is 5.91 Å². The van der Waals surface area contributed by atoms with Gasteiger partial charge in [0, 0.05) is 19.3 Å². The van der Waals surface area contributed by atoms with Gasteiger partial charge in [-0.2, -0.15) is 14.4 Å². The van der Waals surface area contributed by atoms with Crippen LogP contribution in [0.4, 0.5) is 11.4 Å². The van der Waals surface area contributed by atoms with E-state index in [1.165, 1.54) is 21.4 Å². The van der Waals surface area contributed by atoms with Crippen molar-refractivity contribution in [2.45, 2.75) is 18.7 Å². The summed E-state index contributed by atoms with van der Waals surface area (Å²) in [4.78, 5) is 13.2. The van der Waals surface area contributed by atoms with Crippen molar-refractivity contribution in [2.75, 3.05) is 43.2 Å². The van der Waals surface area contributed by atoms with Gasteiger partial charge in [0.05, 0.1) is 47.4 Å². The number of carbonyl (C=O) groups is 1. The number of nitrogens with zero attached hydrogens (tertiary/aromatic N) is 3. The van der Waals surface area contributed by atoms with Crippen molar-refractivity contribution in [3.05, 3.63) is 60.3 Å². The second kappa shape index (κ2) is 9.74. The molecule has 33 heavy (non-hydrogen) atoms. The third-order valence-corrected chi connectivity index (χ3v) is 7.22. The van der Waals surface area contributed by atoms with E-state index in [0.29, 0.717) is 55.6 Å². The highest BCUT2D eigenvalue weighted by atomic mass is 32.2. The van der Waals surface area contributed by atoms with Crippen LogP contribution in [0.15, 0.2) is 70.3 Å². The fraction of sp³-hybridized carbons (Fsp3) is 0.304. The first-order valence-electron chi connectivity index (χ1n) is 10.7. The van der Waals surface area contributed by atoms with Gasteiger partial charge in [-0.1, -0.05) is 12.1 Å². The van der Waals surface area contributed by atoms with Gasteiger partial charge in [0.15, 0.2) is 0 Å². The Kier molecular flexibility index (Phi) is 6.77. The largest absolute Gasteiger partial charge is 0.492 e. The molecule has 10 heteroatoms. The number of sulfonamides is 1. The van der Waals surface area contributed by atoms with Crippen LogP contribution in [-0.4, -0.2) is 57.3 Å². The number of para-hydroxylation sites is 2. The number of benzene rings is 2. The predicted octanol–water partition coefficient (Wildman–Crippen LogP) is 2.82. The predicted molar refractivity (Wildman–Crippen MR) is 126 cm³/mol. The van der Waals surface area contributed by atoms with E-state index in [9.17, 15) is 13.2 Å². The van der Waals surface area contributed by atoms with Crippen molar-refractivity contribution in [3.63, 3.8) is 0 Å². The summed E-state index contributed by atoms with van der Waals surface area (Å²) in [5.74, 6) is 0.378. The number of hydrogen-bond acceptors (Lipinski definition) is 7. The zero-order valence-corrected chi connectivity index (χ0v) is 19.3. The van der Waals surface area contributed by atoms with Crippen LogP contribution >= 0.6 is 0 Å². The highest BCUT2D eigenvalue weighted by Crippen LogP contribution is 2.28. The fourth-order valence-electron chi connectivity index (χ4n) is 3.57. The van der Waals surface area contributed by atoms with Crippen LogP contribution in [0, 0.1) is 0 Å². The molecule has 0 atom stereocenters. The molecule has 2 aromatic rings. The molecular weight excluding hydrogens is 444 g/mol. The normalized spacial score (nSPS) is 18.5. The van der Waals surface area contributed by atoms with Crippen LogP contribution in [-0.2, 0) is 19.6 Å². The Morgan fingerprint density at radius 2 is 1.82 bits per heavy atom. The van der Waals surface area contributed by atoms with E-state index in [1.54, 1.807) is 25.3 Å². The first kappa shape index (κ1) is 23.0. The van der Waals surface area contributed by atoms with E-state index in [4.69, 9.17) is 9.47 Å². The molecule has 4 rings (SSSR count). The molecule has 0 unspecified atom stereocenters. The lowest BCUT2D eigenvalue weighted by Gasteiger charge is -2.26. The Hall–Kier alpha value is -3.21. The maximum absolute atomic E-state index is 13.0. The molecule has 0 spiro atoms. The number of ether oxygens (including phenoxy) is 2. The van der Waals surface area contributed by atoms with Gasteiger partial charge in [-0.25, -0.2) is 8.42 Å². The van der Waals surface area contributed by atoms with E-state index in [-0.39, 0.29) is 10.8 Å². The average molecular weight is 471 g/mol. The monoisotopic (exact) mass is 470 g/mol. The van der Waals surface area contributed by atoms with Gasteiger partial charge in [0.1, 0.15) is 5.75 Å². The standard InChI is InChI=1S/C23H26N4O5S/c1-3-32-22-7-5-4-6-21(22)24-16-20-17(2)25-27(23(20)28)18-8-10-19(11-9-18)33(29,30)26-12-14-31-15-13-26/h4-11,16,24H,3,12-15H2,1-2H3/b20-16+. The molecule has 0 aliphatic carbocycles. The molecule has 0 radical (unpaired) electrons. The quantitative estimate of drug-likeness (QED) is 0.625. The molecule has 1 fully saturated rings. The van der Waals surface area contributed by atoms with Crippen LogP contribution in [0.3, 0.4) is 0 Å². The number of anilines is 2. The van der Waals surface area contributed by atoms with E-state index in [2.05, 4.69) is 10.4 Å². The third-order valence-electron chi connectivity index (χ3n) is 5.31. The number of carbonyl (C=O) groups excluding carboxylic acids is 1. The van der Waals surface area contributed by atoms with Crippen LogP contribution in [0.25, 0.3) is 0 Å². The summed E-state index contributed by atoms with van der Waals surface area (Å²) >= 11 is 0. The Morgan fingerprint density at radius 1 is 1.12 bits per heavy atom. The maximum atomic E-state index is 13.0. The third kappa shape index (κ3) is 4.77. The number of rotatable bonds is 7. The Balaban J connectivity index is 1.51. The molecule has 2 aliphatic heterocycles. The number of hydrogen-bond donors (Lipinski definition) is 1. The SMILES string of the molecule is CCOc1ccccc1N/C=C1/C(=O)N(c2ccc(S(=O)(=O)N3CCOCC3)cc2)N=C1C. The van der Waals surface area contributed by atoms with Crippen molar-refractivity contribution in [1.82, 2.24) is 4.31 Å². The molecule has 0 aromatic heterocycles. The maximum Gasteiger partial charge on any atom is 0.282 e. The molecule has 2 aromatic carbocycles. The summed E-state index contributed by atoms with van der Waals surface area (Å²) in [6.45, 7) is 5.59. The summed E-state index contributed by atoms with van der Waals surface area (Å²) in [6, 6.07) is 13.6. The molecule has 1 amide bonds. The summed E-state index contributed by atoms with van der Waals surface area (Å²) in [5, 5.41) is 8.75. The Labute approximate surface area is 193 Å². The highest BCUT2D eigenvalue weighted by Gasteiger charge is 2.30. The van der Waals surface area contributed by atoms with Crippen LogP contribution < -0.4 is 15.1 Å². The number of morpholine rings is 1. The summed E-state index contributed by atoms with van der Waals surface area (Å²) in [6.07, 6.45) is 1.61. The zero-order chi connectivity index (χ0) is 23.4. The fourth-order valence-corrected chi connectivity index (χ4v) is 4.98. The smallest absolute Gasteiger partial charge is 0.282 e. The second-order valence-electron chi connectivity index (χ2n) is 7.44. The number of amides is 1. The molecule has 0 bridgehead atoms.